The SMILES string of the molecule is COc1ccccc1[C@H](CC(=O)NCCN1CCOCC1)c1c[nH]c2ccccc12. The highest BCUT2D eigenvalue weighted by Crippen LogP contribution is 2.37. The van der Waals surface area contributed by atoms with Crippen molar-refractivity contribution in [2.24, 2.45) is 0 Å². The number of fused-ring (bicyclic) bond motifs is 1. The van der Waals surface area contributed by atoms with Gasteiger partial charge >= 0.3 is 0 Å². The number of aromatic amines is 1. The van der Waals surface area contributed by atoms with E-state index >= 15 is 0 Å². The van der Waals surface area contributed by atoms with Gasteiger partial charge in [0.1, 0.15) is 5.75 Å². The van der Waals surface area contributed by atoms with Crippen LogP contribution in [0.15, 0.2) is 54.7 Å². The summed E-state index contributed by atoms with van der Waals surface area (Å²) in [5.74, 6) is 0.749. The van der Waals surface area contributed by atoms with E-state index in [1.807, 2.05) is 42.6 Å². The molecule has 4 rings (SSSR count). The van der Waals surface area contributed by atoms with Gasteiger partial charge in [0.2, 0.25) is 5.91 Å². The van der Waals surface area contributed by atoms with Crippen LogP contribution in [-0.2, 0) is 9.53 Å². The van der Waals surface area contributed by atoms with Crippen molar-refractivity contribution in [1.29, 1.82) is 0 Å². The zero-order valence-electron chi connectivity index (χ0n) is 17.4. The fourth-order valence-corrected chi connectivity index (χ4v) is 4.16. The van der Waals surface area contributed by atoms with E-state index in [4.69, 9.17) is 9.47 Å². The lowest BCUT2D eigenvalue weighted by atomic mass is 9.87. The smallest absolute Gasteiger partial charge is 0.220 e. The molecule has 0 spiro atoms. The molecular formula is C24H29N3O3. The van der Waals surface area contributed by atoms with Crippen LogP contribution in [0, 0.1) is 0 Å². The topological polar surface area (TPSA) is 66.6 Å². The molecular weight excluding hydrogens is 378 g/mol. The number of carbonyl (C=O) groups is 1. The molecule has 2 N–H and O–H groups in total. The van der Waals surface area contributed by atoms with E-state index in [0.29, 0.717) is 13.0 Å². The third kappa shape index (κ3) is 4.66. The van der Waals surface area contributed by atoms with Crippen LogP contribution in [0.1, 0.15) is 23.5 Å². The molecule has 3 aromatic rings. The minimum absolute atomic E-state index is 0.0458. The number of H-pyrrole nitrogens is 1. The number of amides is 1. The first kappa shape index (κ1) is 20.4. The van der Waals surface area contributed by atoms with E-state index in [0.717, 1.165) is 60.6 Å². The number of methoxy groups -OCH3 is 1. The summed E-state index contributed by atoms with van der Waals surface area (Å²) in [5.41, 5.74) is 3.20. The Morgan fingerprint density at radius 1 is 1.13 bits per heavy atom. The maximum Gasteiger partial charge on any atom is 0.220 e. The van der Waals surface area contributed by atoms with Crippen molar-refractivity contribution in [3.05, 3.63) is 65.9 Å². The van der Waals surface area contributed by atoms with Crippen LogP contribution in [0.4, 0.5) is 0 Å². The Balaban J connectivity index is 1.52. The number of para-hydroxylation sites is 2. The molecule has 0 radical (unpaired) electrons. The Morgan fingerprint density at radius 3 is 2.73 bits per heavy atom. The minimum atomic E-state index is -0.0966. The van der Waals surface area contributed by atoms with Crippen LogP contribution in [0.25, 0.3) is 10.9 Å². The molecule has 0 aliphatic carbocycles. The zero-order chi connectivity index (χ0) is 20.8. The van der Waals surface area contributed by atoms with Crippen LogP contribution >= 0.6 is 0 Å². The van der Waals surface area contributed by atoms with Gasteiger partial charge in [0.25, 0.3) is 0 Å². The van der Waals surface area contributed by atoms with Crippen LogP contribution in [-0.4, -0.2) is 62.3 Å². The summed E-state index contributed by atoms with van der Waals surface area (Å²) < 4.78 is 11.0. The molecule has 1 aliphatic rings. The number of rotatable bonds is 8. The highest BCUT2D eigenvalue weighted by Gasteiger charge is 2.24. The highest BCUT2D eigenvalue weighted by molar-refractivity contribution is 5.86. The van der Waals surface area contributed by atoms with Crippen molar-refractivity contribution < 1.29 is 14.3 Å². The average Bonchev–Trinajstić information content (AvgIpc) is 3.22. The summed E-state index contributed by atoms with van der Waals surface area (Å²) in [6, 6.07) is 16.1. The molecule has 2 aromatic carbocycles. The number of hydrogen-bond acceptors (Lipinski definition) is 4. The van der Waals surface area contributed by atoms with E-state index in [1.54, 1.807) is 7.11 Å². The van der Waals surface area contributed by atoms with Crippen molar-refractivity contribution >= 4 is 16.8 Å². The van der Waals surface area contributed by atoms with Gasteiger partial charge in [-0.05, 0) is 17.7 Å². The molecule has 1 aliphatic heterocycles. The normalized spacial score (nSPS) is 15.8. The Kier molecular flexibility index (Phi) is 6.67. The zero-order valence-corrected chi connectivity index (χ0v) is 17.4. The van der Waals surface area contributed by atoms with Crippen molar-refractivity contribution in [2.75, 3.05) is 46.5 Å². The van der Waals surface area contributed by atoms with Crippen molar-refractivity contribution in [2.45, 2.75) is 12.3 Å². The number of benzene rings is 2. The van der Waals surface area contributed by atoms with Crippen molar-refractivity contribution in [1.82, 2.24) is 15.2 Å². The fourth-order valence-electron chi connectivity index (χ4n) is 4.16. The van der Waals surface area contributed by atoms with Gasteiger partial charge in [0, 0.05) is 61.2 Å². The summed E-state index contributed by atoms with van der Waals surface area (Å²) in [7, 11) is 1.67. The van der Waals surface area contributed by atoms with Gasteiger partial charge in [-0.25, -0.2) is 0 Å². The monoisotopic (exact) mass is 407 g/mol. The van der Waals surface area contributed by atoms with Crippen molar-refractivity contribution in [3.63, 3.8) is 0 Å². The molecule has 0 saturated carbocycles. The molecule has 6 heteroatoms. The number of morpholine rings is 1. The first-order valence-corrected chi connectivity index (χ1v) is 10.5. The number of nitrogens with zero attached hydrogens (tertiary/aromatic N) is 1. The molecule has 30 heavy (non-hydrogen) atoms. The minimum Gasteiger partial charge on any atom is -0.496 e. The maximum absolute atomic E-state index is 12.9. The number of carbonyl (C=O) groups excluding carboxylic acids is 1. The first-order valence-electron chi connectivity index (χ1n) is 10.5. The lowest BCUT2D eigenvalue weighted by molar-refractivity contribution is -0.121. The molecule has 6 nitrogen and oxygen atoms in total. The summed E-state index contributed by atoms with van der Waals surface area (Å²) in [6.45, 7) is 4.88. The first-order chi connectivity index (χ1) is 14.8. The lowest BCUT2D eigenvalue weighted by Crippen LogP contribution is -2.41. The molecule has 158 valence electrons. The molecule has 2 heterocycles. The molecule has 1 amide bonds. The second-order valence-corrected chi connectivity index (χ2v) is 7.59. The van der Waals surface area contributed by atoms with Gasteiger partial charge in [-0.3, -0.25) is 9.69 Å². The number of nitrogens with one attached hydrogen (secondary N) is 2. The Morgan fingerprint density at radius 2 is 1.90 bits per heavy atom. The molecule has 0 bridgehead atoms. The molecule has 1 fully saturated rings. The van der Waals surface area contributed by atoms with Crippen molar-refractivity contribution in [3.8, 4) is 5.75 Å². The standard InChI is InChI=1S/C24H29N3O3/c1-29-23-9-5-3-7-19(23)20(21-17-26-22-8-4-2-6-18(21)22)16-24(28)25-10-11-27-12-14-30-15-13-27/h2-9,17,20,26H,10-16H2,1H3,(H,25,28)/t20-/m0/s1. The van der Waals surface area contributed by atoms with Crippen LogP contribution in [0.5, 0.6) is 5.75 Å². The number of aromatic nitrogens is 1. The predicted molar refractivity (Wildman–Crippen MR) is 118 cm³/mol. The summed E-state index contributed by atoms with van der Waals surface area (Å²) >= 11 is 0. The largest absolute Gasteiger partial charge is 0.496 e. The number of ether oxygens (including phenoxy) is 2. The summed E-state index contributed by atoms with van der Waals surface area (Å²) in [6.07, 6.45) is 2.38. The Bertz CT molecular complexity index is 978. The summed E-state index contributed by atoms with van der Waals surface area (Å²) in [5, 5.41) is 4.24. The van der Waals surface area contributed by atoms with E-state index in [-0.39, 0.29) is 11.8 Å². The van der Waals surface area contributed by atoms with E-state index in [2.05, 4.69) is 27.3 Å². The van der Waals surface area contributed by atoms with Gasteiger partial charge in [-0.2, -0.15) is 0 Å². The predicted octanol–water partition coefficient (Wildman–Crippen LogP) is 3.15. The Labute approximate surface area is 177 Å². The van der Waals surface area contributed by atoms with Gasteiger partial charge < -0.3 is 19.8 Å². The Hall–Kier alpha value is -2.83. The van der Waals surface area contributed by atoms with E-state index < -0.39 is 0 Å². The highest BCUT2D eigenvalue weighted by atomic mass is 16.5. The second-order valence-electron chi connectivity index (χ2n) is 7.59. The maximum atomic E-state index is 12.9. The average molecular weight is 408 g/mol. The lowest BCUT2D eigenvalue weighted by Gasteiger charge is -2.26. The second kappa shape index (κ2) is 9.78. The molecule has 1 saturated heterocycles. The third-order valence-electron chi connectivity index (χ3n) is 5.75. The van der Waals surface area contributed by atoms with Crippen LogP contribution in [0.3, 0.4) is 0 Å². The third-order valence-corrected chi connectivity index (χ3v) is 5.75. The van der Waals surface area contributed by atoms with Gasteiger partial charge in [0.05, 0.1) is 20.3 Å². The fraction of sp³-hybridized carbons (Fsp3) is 0.375. The van der Waals surface area contributed by atoms with Crippen LogP contribution in [0.2, 0.25) is 0 Å². The van der Waals surface area contributed by atoms with E-state index in [9.17, 15) is 4.79 Å². The molecule has 0 unspecified atom stereocenters. The van der Waals surface area contributed by atoms with Gasteiger partial charge in [-0.15, -0.1) is 0 Å². The van der Waals surface area contributed by atoms with Gasteiger partial charge in [-0.1, -0.05) is 36.4 Å². The van der Waals surface area contributed by atoms with Gasteiger partial charge in [0.15, 0.2) is 0 Å². The number of hydrogen-bond donors (Lipinski definition) is 2. The van der Waals surface area contributed by atoms with E-state index in [1.165, 1.54) is 0 Å². The summed E-state index contributed by atoms with van der Waals surface area (Å²) in [4.78, 5) is 18.6. The van der Waals surface area contributed by atoms with Crippen LogP contribution < -0.4 is 10.1 Å². The quantitative estimate of drug-likeness (QED) is 0.602. The molecule has 1 atom stereocenters. The molecule has 1 aromatic heterocycles.